The number of aromatic nitrogens is 1. The predicted molar refractivity (Wildman–Crippen MR) is 35.5 cm³/mol. The van der Waals surface area contributed by atoms with Gasteiger partial charge in [0.1, 0.15) is 6.07 Å². The largest absolute Gasteiger partial charge is 0.505 e. The van der Waals surface area contributed by atoms with Crippen LogP contribution < -0.4 is 0 Å². The van der Waals surface area contributed by atoms with Crippen molar-refractivity contribution < 1.29 is 18.3 Å². The highest BCUT2D eigenvalue weighted by Gasteiger charge is 2.18. The molecular formula is C7H3F3N2O. The summed E-state index contributed by atoms with van der Waals surface area (Å²) in [6.07, 6.45) is -3.04. The van der Waals surface area contributed by atoms with E-state index in [0.717, 1.165) is 0 Å². The highest BCUT2D eigenvalue weighted by atomic mass is 19.3. The lowest BCUT2D eigenvalue weighted by Crippen LogP contribution is -1.95. The van der Waals surface area contributed by atoms with Crippen molar-refractivity contribution in [1.29, 1.82) is 5.26 Å². The fourth-order valence-corrected chi connectivity index (χ4v) is 0.770. The molecule has 1 aromatic heterocycles. The minimum Gasteiger partial charge on any atom is -0.505 e. The number of alkyl halides is 2. The minimum atomic E-state index is -3.04. The van der Waals surface area contributed by atoms with Gasteiger partial charge in [-0.2, -0.15) is 9.65 Å². The van der Waals surface area contributed by atoms with E-state index in [4.69, 9.17) is 10.4 Å². The van der Waals surface area contributed by atoms with Gasteiger partial charge in [-0.1, -0.05) is 0 Å². The van der Waals surface area contributed by atoms with Crippen LogP contribution in [0.1, 0.15) is 17.7 Å². The summed E-state index contributed by atoms with van der Waals surface area (Å²) in [5.41, 5.74) is -1.67. The van der Waals surface area contributed by atoms with Crippen molar-refractivity contribution in [3.05, 3.63) is 23.3 Å². The third kappa shape index (κ3) is 1.69. The van der Waals surface area contributed by atoms with Gasteiger partial charge in [0.05, 0.1) is 5.56 Å². The van der Waals surface area contributed by atoms with E-state index in [1.165, 1.54) is 6.07 Å². The summed E-state index contributed by atoms with van der Waals surface area (Å²) >= 11 is 0. The molecule has 0 aliphatic rings. The van der Waals surface area contributed by atoms with Gasteiger partial charge in [0, 0.05) is 6.07 Å². The molecule has 1 N–H and O–H groups in total. The van der Waals surface area contributed by atoms with E-state index in [9.17, 15) is 13.2 Å². The van der Waals surface area contributed by atoms with Crippen LogP contribution in [0.5, 0.6) is 5.75 Å². The first-order chi connectivity index (χ1) is 6.06. The Kier molecular flexibility index (Phi) is 2.37. The van der Waals surface area contributed by atoms with Crippen molar-refractivity contribution in [3.8, 4) is 11.8 Å². The summed E-state index contributed by atoms with van der Waals surface area (Å²) < 4.78 is 36.6. The SMILES string of the molecule is N#Cc1nc(F)cc(C(F)F)c1O. The second-order valence-corrected chi connectivity index (χ2v) is 2.14. The van der Waals surface area contributed by atoms with Crippen LogP contribution in [0.2, 0.25) is 0 Å². The van der Waals surface area contributed by atoms with Gasteiger partial charge in [-0.25, -0.2) is 13.8 Å². The number of halogens is 3. The fourth-order valence-electron chi connectivity index (χ4n) is 0.770. The Morgan fingerprint density at radius 1 is 1.54 bits per heavy atom. The monoisotopic (exact) mass is 188 g/mol. The lowest BCUT2D eigenvalue weighted by atomic mass is 10.2. The van der Waals surface area contributed by atoms with Crippen molar-refractivity contribution >= 4 is 0 Å². The summed E-state index contributed by atoms with van der Waals surface area (Å²) in [5.74, 6) is -2.19. The Labute approximate surface area is 71.1 Å². The molecule has 0 saturated heterocycles. The van der Waals surface area contributed by atoms with Crippen molar-refractivity contribution in [2.75, 3.05) is 0 Å². The van der Waals surface area contributed by atoms with Crippen LogP contribution in [0.25, 0.3) is 0 Å². The molecule has 3 nitrogen and oxygen atoms in total. The number of aromatic hydroxyl groups is 1. The standard InChI is InChI=1S/C7H3F3N2O/c8-5-1-3(7(9)10)6(13)4(2-11)12-5/h1,7,13H. The number of nitrogens with zero attached hydrogens (tertiary/aromatic N) is 2. The van der Waals surface area contributed by atoms with Gasteiger partial charge in [0.2, 0.25) is 5.95 Å². The van der Waals surface area contributed by atoms with E-state index < -0.39 is 29.4 Å². The molecule has 0 unspecified atom stereocenters. The van der Waals surface area contributed by atoms with E-state index in [1.54, 1.807) is 0 Å². The Bertz CT molecular complexity index is 373. The molecule has 0 fully saturated rings. The van der Waals surface area contributed by atoms with Crippen LogP contribution in [-0.2, 0) is 0 Å². The minimum absolute atomic E-state index is 0.390. The van der Waals surface area contributed by atoms with Gasteiger partial charge in [0.25, 0.3) is 6.43 Å². The Balaban J connectivity index is 3.38. The third-order valence-electron chi connectivity index (χ3n) is 1.33. The topological polar surface area (TPSA) is 56.9 Å². The molecule has 0 saturated carbocycles. The molecule has 6 heteroatoms. The summed E-state index contributed by atoms with van der Waals surface area (Å²) in [6.45, 7) is 0. The van der Waals surface area contributed by atoms with E-state index in [2.05, 4.69) is 4.98 Å². The predicted octanol–water partition coefficient (Wildman–Crippen LogP) is 1.74. The zero-order chi connectivity index (χ0) is 10.0. The average Bonchev–Trinajstić information content (AvgIpc) is 2.08. The first kappa shape index (κ1) is 9.32. The van der Waals surface area contributed by atoms with Gasteiger partial charge in [0.15, 0.2) is 11.4 Å². The van der Waals surface area contributed by atoms with Gasteiger partial charge < -0.3 is 5.11 Å². The Morgan fingerprint density at radius 2 is 2.15 bits per heavy atom. The van der Waals surface area contributed by atoms with Crippen LogP contribution in [-0.4, -0.2) is 10.1 Å². The van der Waals surface area contributed by atoms with Crippen LogP contribution in [0, 0.1) is 17.3 Å². The molecule has 0 bridgehead atoms. The van der Waals surface area contributed by atoms with E-state index >= 15 is 0 Å². The maximum absolute atomic E-state index is 12.4. The number of pyridine rings is 1. The van der Waals surface area contributed by atoms with Gasteiger partial charge in [-0.05, 0) is 0 Å². The lowest BCUT2D eigenvalue weighted by Gasteiger charge is -2.03. The van der Waals surface area contributed by atoms with Crippen LogP contribution in [0.3, 0.4) is 0 Å². The maximum atomic E-state index is 12.4. The molecule has 68 valence electrons. The number of rotatable bonds is 1. The maximum Gasteiger partial charge on any atom is 0.267 e. The molecule has 0 aliphatic heterocycles. The Hall–Kier alpha value is -1.77. The van der Waals surface area contributed by atoms with Crippen LogP contribution in [0.15, 0.2) is 6.07 Å². The summed E-state index contributed by atoms with van der Waals surface area (Å²) in [6, 6.07) is 1.69. The van der Waals surface area contributed by atoms with Crippen LogP contribution in [0.4, 0.5) is 13.2 Å². The highest BCUT2D eigenvalue weighted by molar-refractivity contribution is 5.43. The first-order valence-corrected chi connectivity index (χ1v) is 3.14. The van der Waals surface area contributed by atoms with E-state index in [1.807, 2.05) is 0 Å². The summed E-state index contributed by atoms with van der Waals surface area (Å²) in [5, 5.41) is 17.2. The molecule has 0 aromatic carbocycles. The van der Waals surface area contributed by atoms with E-state index in [0.29, 0.717) is 6.07 Å². The van der Waals surface area contributed by atoms with Crippen molar-refractivity contribution in [2.45, 2.75) is 6.43 Å². The molecule has 0 spiro atoms. The fraction of sp³-hybridized carbons (Fsp3) is 0.143. The summed E-state index contributed by atoms with van der Waals surface area (Å²) in [4.78, 5) is 2.92. The lowest BCUT2D eigenvalue weighted by molar-refractivity contribution is 0.146. The highest BCUT2D eigenvalue weighted by Crippen LogP contribution is 2.29. The first-order valence-electron chi connectivity index (χ1n) is 3.14. The molecular weight excluding hydrogens is 185 g/mol. The molecule has 0 aliphatic carbocycles. The number of hydrogen-bond acceptors (Lipinski definition) is 3. The molecule has 13 heavy (non-hydrogen) atoms. The number of nitriles is 1. The molecule has 1 heterocycles. The van der Waals surface area contributed by atoms with Gasteiger partial charge in [-0.3, -0.25) is 0 Å². The molecule has 0 radical (unpaired) electrons. The normalized spacial score (nSPS) is 10.1. The van der Waals surface area contributed by atoms with Crippen LogP contribution >= 0.6 is 0 Å². The average molecular weight is 188 g/mol. The smallest absolute Gasteiger partial charge is 0.267 e. The second-order valence-electron chi connectivity index (χ2n) is 2.14. The molecule has 1 rings (SSSR count). The third-order valence-corrected chi connectivity index (χ3v) is 1.33. The van der Waals surface area contributed by atoms with Crippen molar-refractivity contribution in [3.63, 3.8) is 0 Å². The molecule has 1 aromatic rings. The summed E-state index contributed by atoms with van der Waals surface area (Å²) in [7, 11) is 0. The zero-order valence-electron chi connectivity index (χ0n) is 6.13. The molecule has 0 atom stereocenters. The quantitative estimate of drug-likeness (QED) is 0.683. The van der Waals surface area contributed by atoms with Gasteiger partial charge in [-0.15, -0.1) is 0 Å². The Morgan fingerprint density at radius 3 is 2.62 bits per heavy atom. The van der Waals surface area contributed by atoms with Crippen molar-refractivity contribution in [1.82, 2.24) is 4.98 Å². The van der Waals surface area contributed by atoms with E-state index in [-0.39, 0.29) is 0 Å². The zero-order valence-corrected chi connectivity index (χ0v) is 6.13. The van der Waals surface area contributed by atoms with Crippen molar-refractivity contribution in [2.24, 2.45) is 0 Å². The number of hydrogen-bond donors (Lipinski definition) is 1. The molecule has 0 amide bonds. The second kappa shape index (κ2) is 3.31. The van der Waals surface area contributed by atoms with Gasteiger partial charge >= 0.3 is 0 Å².